The fraction of sp³-hybridized carbons (Fsp3) is 0.214. The molecule has 0 aliphatic carbocycles. The summed E-state index contributed by atoms with van der Waals surface area (Å²) in [6.45, 7) is 0.925. The van der Waals surface area contributed by atoms with Gasteiger partial charge >= 0.3 is 0 Å². The van der Waals surface area contributed by atoms with Gasteiger partial charge in [0.2, 0.25) is 0 Å². The quantitative estimate of drug-likeness (QED) is 0.607. The molecule has 0 atom stereocenters. The van der Waals surface area contributed by atoms with Gasteiger partial charge < -0.3 is 5.32 Å². The van der Waals surface area contributed by atoms with Crippen LogP contribution in [0.4, 0.5) is 0 Å². The van der Waals surface area contributed by atoms with Gasteiger partial charge in [-0.15, -0.1) is 0 Å². The van der Waals surface area contributed by atoms with Crippen LogP contribution in [0.15, 0.2) is 36.5 Å². The van der Waals surface area contributed by atoms with Crippen molar-refractivity contribution in [3.8, 4) is 11.8 Å². The SMILES string of the molecule is CNCCC#Cc1cnc2ccccc2c1. The zero-order valence-corrected chi connectivity index (χ0v) is 9.33. The third kappa shape index (κ3) is 2.59. The van der Waals surface area contributed by atoms with Gasteiger partial charge in [0.15, 0.2) is 0 Å². The molecule has 1 heterocycles. The van der Waals surface area contributed by atoms with Crippen LogP contribution < -0.4 is 5.32 Å². The van der Waals surface area contributed by atoms with Crippen molar-refractivity contribution < 1.29 is 0 Å². The molecule has 0 fully saturated rings. The van der Waals surface area contributed by atoms with Crippen LogP contribution in [-0.2, 0) is 0 Å². The van der Waals surface area contributed by atoms with E-state index >= 15 is 0 Å². The number of hydrogen-bond donors (Lipinski definition) is 1. The second-order valence-electron chi connectivity index (χ2n) is 3.57. The first-order chi connectivity index (χ1) is 7.90. The lowest BCUT2D eigenvalue weighted by atomic mass is 10.1. The number of pyridine rings is 1. The van der Waals surface area contributed by atoms with Crippen LogP contribution in [0.5, 0.6) is 0 Å². The largest absolute Gasteiger partial charge is 0.319 e. The molecule has 0 bridgehead atoms. The van der Waals surface area contributed by atoms with Crippen molar-refractivity contribution in [3.05, 3.63) is 42.1 Å². The number of rotatable bonds is 2. The van der Waals surface area contributed by atoms with Gasteiger partial charge in [-0.25, -0.2) is 0 Å². The maximum absolute atomic E-state index is 4.36. The molecule has 0 spiro atoms. The number of nitrogens with zero attached hydrogens (tertiary/aromatic N) is 1. The van der Waals surface area contributed by atoms with E-state index in [1.807, 2.05) is 31.4 Å². The Labute approximate surface area is 95.7 Å². The third-order valence-corrected chi connectivity index (χ3v) is 2.32. The summed E-state index contributed by atoms with van der Waals surface area (Å²) in [5, 5.41) is 4.21. The zero-order chi connectivity index (χ0) is 11.2. The van der Waals surface area contributed by atoms with Gasteiger partial charge in [-0.2, -0.15) is 0 Å². The summed E-state index contributed by atoms with van der Waals surface area (Å²) in [5.41, 5.74) is 2.00. The van der Waals surface area contributed by atoms with E-state index in [0.29, 0.717) is 0 Å². The molecule has 0 saturated heterocycles. The summed E-state index contributed by atoms with van der Waals surface area (Å²) < 4.78 is 0. The summed E-state index contributed by atoms with van der Waals surface area (Å²) in [7, 11) is 1.93. The minimum absolute atomic E-state index is 0.864. The van der Waals surface area contributed by atoms with Crippen molar-refractivity contribution in [2.24, 2.45) is 0 Å². The number of aromatic nitrogens is 1. The summed E-state index contributed by atoms with van der Waals surface area (Å²) >= 11 is 0. The number of nitrogens with one attached hydrogen (secondary N) is 1. The molecule has 0 unspecified atom stereocenters. The molecule has 1 aromatic carbocycles. The van der Waals surface area contributed by atoms with E-state index in [-0.39, 0.29) is 0 Å². The minimum atomic E-state index is 0.864. The average molecular weight is 210 g/mol. The van der Waals surface area contributed by atoms with E-state index in [9.17, 15) is 0 Å². The normalized spacial score (nSPS) is 9.81. The van der Waals surface area contributed by atoms with Gasteiger partial charge in [-0.3, -0.25) is 4.98 Å². The molecular weight excluding hydrogens is 196 g/mol. The van der Waals surface area contributed by atoms with Crippen LogP contribution in [0.3, 0.4) is 0 Å². The van der Waals surface area contributed by atoms with Gasteiger partial charge in [0.05, 0.1) is 5.52 Å². The molecule has 0 radical (unpaired) electrons. The highest BCUT2D eigenvalue weighted by atomic mass is 14.8. The van der Waals surface area contributed by atoms with E-state index in [0.717, 1.165) is 29.4 Å². The Morgan fingerprint density at radius 2 is 2.19 bits per heavy atom. The van der Waals surface area contributed by atoms with Crippen molar-refractivity contribution in [3.63, 3.8) is 0 Å². The monoisotopic (exact) mass is 210 g/mol. The van der Waals surface area contributed by atoms with E-state index < -0.39 is 0 Å². The van der Waals surface area contributed by atoms with Crippen LogP contribution in [0.1, 0.15) is 12.0 Å². The Bertz CT molecular complexity index is 535. The van der Waals surface area contributed by atoms with Crippen LogP contribution in [0, 0.1) is 11.8 Å². The predicted octanol–water partition coefficient (Wildman–Crippen LogP) is 2.20. The molecule has 16 heavy (non-hydrogen) atoms. The van der Waals surface area contributed by atoms with Crippen molar-refractivity contribution in [2.75, 3.05) is 13.6 Å². The lowest BCUT2D eigenvalue weighted by Gasteiger charge is -1.96. The molecule has 1 aromatic heterocycles. The van der Waals surface area contributed by atoms with E-state index in [2.05, 4.69) is 34.3 Å². The topological polar surface area (TPSA) is 24.9 Å². The molecule has 2 nitrogen and oxygen atoms in total. The first-order valence-electron chi connectivity index (χ1n) is 5.38. The highest BCUT2D eigenvalue weighted by molar-refractivity contribution is 5.79. The van der Waals surface area contributed by atoms with E-state index in [1.54, 1.807) is 0 Å². The summed E-state index contributed by atoms with van der Waals surface area (Å²) in [6.07, 6.45) is 2.69. The van der Waals surface area contributed by atoms with Crippen LogP contribution >= 0.6 is 0 Å². The standard InChI is InChI=1S/C14H14N2/c1-15-9-5-4-6-12-10-13-7-2-3-8-14(13)16-11-12/h2-3,7-8,10-11,15H,5,9H2,1H3. The highest BCUT2D eigenvalue weighted by Gasteiger charge is 1.93. The Balaban J connectivity index is 2.21. The van der Waals surface area contributed by atoms with E-state index in [1.165, 1.54) is 0 Å². The van der Waals surface area contributed by atoms with Crippen molar-refractivity contribution in [2.45, 2.75) is 6.42 Å². The first-order valence-corrected chi connectivity index (χ1v) is 5.38. The molecule has 1 N–H and O–H groups in total. The molecule has 0 amide bonds. The smallest absolute Gasteiger partial charge is 0.0702 e. The van der Waals surface area contributed by atoms with Gasteiger partial charge in [0.25, 0.3) is 0 Å². The lowest BCUT2D eigenvalue weighted by Crippen LogP contribution is -2.05. The average Bonchev–Trinajstić information content (AvgIpc) is 2.34. The number of benzene rings is 1. The van der Waals surface area contributed by atoms with Crippen LogP contribution in [0.25, 0.3) is 10.9 Å². The van der Waals surface area contributed by atoms with Crippen LogP contribution in [0.2, 0.25) is 0 Å². The maximum atomic E-state index is 4.36. The lowest BCUT2D eigenvalue weighted by molar-refractivity contribution is 0.818. The van der Waals surface area contributed by atoms with Crippen molar-refractivity contribution in [1.82, 2.24) is 10.3 Å². The molecular formula is C14H14N2. The summed E-state index contributed by atoms with van der Waals surface area (Å²) in [4.78, 5) is 4.36. The number of hydrogen-bond acceptors (Lipinski definition) is 2. The molecule has 2 heteroatoms. The molecule has 0 aliphatic heterocycles. The fourth-order valence-electron chi connectivity index (χ4n) is 1.49. The van der Waals surface area contributed by atoms with Gasteiger partial charge in [-0.05, 0) is 19.2 Å². The van der Waals surface area contributed by atoms with E-state index in [4.69, 9.17) is 0 Å². The van der Waals surface area contributed by atoms with Crippen molar-refractivity contribution >= 4 is 10.9 Å². The van der Waals surface area contributed by atoms with Gasteiger partial charge in [0.1, 0.15) is 0 Å². The molecule has 0 saturated carbocycles. The minimum Gasteiger partial charge on any atom is -0.319 e. The Hall–Kier alpha value is -1.85. The second kappa shape index (κ2) is 5.29. The van der Waals surface area contributed by atoms with Gasteiger partial charge in [0, 0.05) is 30.1 Å². The number of fused-ring (bicyclic) bond motifs is 1. The van der Waals surface area contributed by atoms with Crippen molar-refractivity contribution in [1.29, 1.82) is 0 Å². The maximum Gasteiger partial charge on any atom is 0.0702 e. The first kappa shape index (κ1) is 10.7. The highest BCUT2D eigenvalue weighted by Crippen LogP contribution is 2.11. The molecule has 0 aliphatic rings. The molecule has 2 rings (SSSR count). The molecule has 80 valence electrons. The number of para-hydroxylation sites is 1. The Morgan fingerprint density at radius 1 is 1.31 bits per heavy atom. The Morgan fingerprint density at radius 3 is 3.06 bits per heavy atom. The predicted molar refractivity (Wildman–Crippen MR) is 67.2 cm³/mol. The van der Waals surface area contributed by atoms with Crippen LogP contribution in [-0.4, -0.2) is 18.6 Å². The summed E-state index contributed by atoms with van der Waals surface area (Å²) in [6, 6.07) is 10.2. The van der Waals surface area contributed by atoms with Gasteiger partial charge in [-0.1, -0.05) is 30.0 Å². The Kier molecular flexibility index (Phi) is 3.53. The summed E-state index contributed by atoms with van der Waals surface area (Å²) in [5.74, 6) is 6.23. The second-order valence-corrected chi connectivity index (χ2v) is 3.57. The molecule has 2 aromatic rings. The fourth-order valence-corrected chi connectivity index (χ4v) is 1.49. The third-order valence-electron chi connectivity index (χ3n) is 2.32. The zero-order valence-electron chi connectivity index (χ0n) is 9.33.